The van der Waals surface area contributed by atoms with Crippen molar-refractivity contribution >= 4 is 10.9 Å². The molecule has 0 bridgehead atoms. The summed E-state index contributed by atoms with van der Waals surface area (Å²) in [5.74, 6) is 0.921. The highest BCUT2D eigenvalue weighted by molar-refractivity contribution is 5.88. The second-order valence-corrected chi connectivity index (χ2v) is 4.47. The molecule has 1 aliphatic heterocycles. The Morgan fingerprint density at radius 1 is 1.41 bits per heavy atom. The van der Waals surface area contributed by atoms with Crippen molar-refractivity contribution in [1.82, 2.24) is 10.3 Å². The molecule has 3 nitrogen and oxygen atoms in total. The van der Waals surface area contributed by atoms with Gasteiger partial charge in [0.2, 0.25) is 0 Å². The van der Waals surface area contributed by atoms with Crippen LogP contribution < -0.4 is 10.1 Å². The number of benzene rings is 1. The van der Waals surface area contributed by atoms with E-state index in [4.69, 9.17) is 4.74 Å². The fourth-order valence-corrected chi connectivity index (χ4v) is 2.37. The standard InChI is InChI=1S/C14H16N2O/c1-17-13-4-2-3-12-14(13)10(5-7-16-12)9-11-6-8-15-11/h2-5,7,11,15H,6,8-9H2,1H3/t11-/m1/s1. The number of methoxy groups -OCH3 is 1. The van der Waals surface area contributed by atoms with Crippen molar-refractivity contribution in [2.75, 3.05) is 13.7 Å². The maximum absolute atomic E-state index is 5.44. The Morgan fingerprint density at radius 3 is 3.00 bits per heavy atom. The number of ether oxygens (including phenoxy) is 1. The minimum absolute atomic E-state index is 0.616. The lowest BCUT2D eigenvalue weighted by Gasteiger charge is -2.28. The van der Waals surface area contributed by atoms with Gasteiger partial charge in [-0.3, -0.25) is 4.98 Å². The molecule has 2 aromatic rings. The molecule has 1 aliphatic rings. The normalized spacial score (nSPS) is 19.0. The van der Waals surface area contributed by atoms with Crippen LogP contribution in [0.5, 0.6) is 5.75 Å². The van der Waals surface area contributed by atoms with Gasteiger partial charge in [-0.05, 0) is 43.1 Å². The average molecular weight is 228 g/mol. The minimum atomic E-state index is 0.616. The molecule has 0 amide bonds. The SMILES string of the molecule is COc1cccc2nccc(C[C@H]3CCN3)c12. The van der Waals surface area contributed by atoms with E-state index < -0.39 is 0 Å². The lowest BCUT2D eigenvalue weighted by molar-refractivity contribution is 0.369. The Bertz CT molecular complexity index is 529. The molecule has 2 heterocycles. The van der Waals surface area contributed by atoms with Crippen molar-refractivity contribution in [3.05, 3.63) is 36.0 Å². The first-order valence-corrected chi connectivity index (χ1v) is 6.02. The third kappa shape index (κ3) is 1.87. The highest BCUT2D eigenvalue weighted by atomic mass is 16.5. The molecule has 1 saturated heterocycles. The van der Waals surface area contributed by atoms with Crippen molar-refractivity contribution < 1.29 is 4.74 Å². The lowest BCUT2D eigenvalue weighted by atomic mass is 9.96. The van der Waals surface area contributed by atoms with E-state index in [1.807, 2.05) is 24.4 Å². The highest BCUT2D eigenvalue weighted by Gasteiger charge is 2.18. The van der Waals surface area contributed by atoms with Crippen LogP contribution in [0.1, 0.15) is 12.0 Å². The Labute approximate surface area is 101 Å². The van der Waals surface area contributed by atoms with Gasteiger partial charge in [-0.1, -0.05) is 6.07 Å². The Hall–Kier alpha value is -1.61. The van der Waals surface area contributed by atoms with E-state index in [0.717, 1.165) is 29.6 Å². The van der Waals surface area contributed by atoms with E-state index in [2.05, 4.69) is 16.4 Å². The van der Waals surface area contributed by atoms with Crippen molar-refractivity contribution in [1.29, 1.82) is 0 Å². The molecule has 0 spiro atoms. The average Bonchev–Trinajstić information content (AvgIpc) is 2.33. The van der Waals surface area contributed by atoms with Crippen LogP contribution in [0.4, 0.5) is 0 Å². The molecule has 1 aromatic heterocycles. The van der Waals surface area contributed by atoms with Gasteiger partial charge in [0.05, 0.1) is 12.6 Å². The number of aromatic nitrogens is 1. The quantitative estimate of drug-likeness (QED) is 0.874. The molecule has 1 fully saturated rings. The molecule has 0 aliphatic carbocycles. The number of fused-ring (bicyclic) bond motifs is 1. The van der Waals surface area contributed by atoms with Crippen molar-refractivity contribution in [3.8, 4) is 5.75 Å². The third-order valence-corrected chi connectivity index (χ3v) is 3.43. The fourth-order valence-electron chi connectivity index (χ4n) is 2.37. The summed E-state index contributed by atoms with van der Waals surface area (Å²) in [6.45, 7) is 1.14. The van der Waals surface area contributed by atoms with Gasteiger partial charge in [0.1, 0.15) is 5.75 Å². The van der Waals surface area contributed by atoms with Crippen LogP contribution in [0, 0.1) is 0 Å². The van der Waals surface area contributed by atoms with Crippen molar-refractivity contribution in [2.24, 2.45) is 0 Å². The zero-order valence-electron chi connectivity index (χ0n) is 9.94. The smallest absolute Gasteiger partial charge is 0.128 e. The van der Waals surface area contributed by atoms with Crippen molar-refractivity contribution in [2.45, 2.75) is 18.9 Å². The maximum atomic E-state index is 5.44. The minimum Gasteiger partial charge on any atom is -0.496 e. The molecule has 17 heavy (non-hydrogen) atoms. The van der Waals surface area contributed by atoms with Gasteiger partial charge in [-0.15, -0.1) is 0 Å². The molecule has 0 unspecified atom stereocenters. The fraction of sp³-hybridized carbons (Fsp3) is 0.357. The number of rotatable bonds is 3. The molecule has 3 rings (SSSR count). The summed E-state index contributed by atoms with van der Waals surface area (Å²) in [7, 11) is 1.72. The van der Waals surface area contributed by atoms with Crippen molar-refractivity contribution in [3.63, 3.8) is 0 Å². The van der Waals surface area contributed by atoms with E-state index in [-0.39, 0.29) is 0 Å². The molecular weight excluding hydrogens is 212 g/mol. The summed E-state index contributed by atoms with van der Waals surface area (Å²) in [5, 5.41) is 4.59. The predicted molar refractivity (Wildman–Crippen MR) is 68.4 cm³/mol. The molecular formula is C14H16N2O. The van der Waals surface area contributed by atoms with E-state index in [9.17, 15) is 0 Å². The van der Waals surface area contributed by atoms with Gasteiger partial charge in [0, 0.05) is 17.6 Å². The zero-order valence-corrected chi connectivity index (χ0v) is 9.94. The first kappa shape index (κ1) is 10.5. The monoisotopic (exact) mass is 228 g/mol. The second kappa shape index (κ2) is 4.34. The Morgan fingerprint density at radius 2 is 2.29 bits per heavy atom. The van der Waals surface area contributed by atoms with E-state index >= 15 is 0 Å². The molecule has 0 saturated carbocycles. The molecule has 1 aromatic carbocycles. The van der Waals surface area contributed by atoms with Crippen LogP contribution in [0.3, 0.4) is 0 Å². The highest BCUT2D eigenvalue weighted by Crippen LogP contribution is 2.28. The topological polar surface area (TPSA) is 34.1 Å². The van der Waals surface area contributed by atoms with Gasteiger partial charge in [0.25, 0.3) is 0 Å². The van der Waals surface area contributed by atoms with Gasteiger partial charge in [0.15, 0.2) is 0 Å². The first-order valence-electron chi connectivity index (χ1n) is 6.02. The van der Waals surface area contributed by atoms with Crippen LogP contribution in [0.15, 0.2) is 30.5 Å². The number of nitrogens with zero attached hydrogens (tertiary/aromatic N) is 1. The van der Waals surface area contributed by atoms with E-state index in [1.165, 1.54) is 12.0 Å². The van der Waals surface area contributed by atoms with Crippen LogP contribution in [0.2, 0.25) is 0 Å². The molecule has 1 atom stereocenters. The summed E-state index contributed by atoms with van der Waals surface area (Å²) in [6, 6.07) is 8.74. The summed E-state index contributed by atoms with van der Waals surface area (Å²) in [6.07, 6.45) is 4.20. The summed E-state index contributed by atoms with van der Waals surface area (Å²) >= 11 is 0. The predicted octanol–water partition coefficient (Wildman–Crippen LogP) is 2.15. The van der Waals surface area contributed by atoms with Gasteiger partial charge in [-0.2, -0.15) is 0 Å². The van der Waals surface area contributed by atoms with E-state index in [0.29, 0.717) is 6.04 Å². The number of hydrogen-bond acceptors (Lipinski definition) is 3. The molecule has 0 radical (unpaired) electrons. The lowest BCUT2D eigenvalue weighted by Crippen LogP contribution is -2.44. The van der Waals surface area contributed by atoms with Gasteiger partial charge >= 0.3 is 0 Å². The largest absolute Gasteiger partial charge is 0.496 e. The van der Waals surface area contributed by atoms with Gasteiger partial charge in [-0.25, -0.2) is 0 Å². The summed E-state index contributed by atoms with van der Waals surface area (Å²) in [4.78, 5) is 4.40. The summed E-state index contributed by atoms with van der Waals surface area (Å²) < 4.78 is 5.44. The van der Waals surface area contributed by atoms with Crippen LogP contribution in [-0.2, 0) is 6.42 Å². The van der Waals surface area contributed by atoms with Gasteiger partial charge < -0.3 is 10.1 Å². The van der Waals surface area contributed by atoms with Crippen LogP contribution >= 0.6 is 0 Å². The zero-order chi connectivity index (χ0) is 11.7. The summed E-state index contributed by atoms with van der Waals surface area (Å²) in [5.41, 5.74) is 2.34. The molecule has 1 N–H and O–H groups in total. The Kier molecular flexibility index (Phi) is 2.69. The molecule has 3 heteroatoms. The second-order valence-electron chi connectivity index (χ2n) is 4.47. The molecule has 88 valence electrons. The number of pyridine rings is 1. The third-order valence-electron chi connectivity index (χ3n) is 3.43. The van der Waals surface area contributed by atoms with Crippen LogP contribution in [-0.4, -0.2) is 24.7 Å². The Balaban J connectivity index is 2.08. The van der Waals surface area contributed by atoms with E-state index in [1.54, 1.807) is 7.11 Å². The van der Waals surface area contributed by atoms with Crippen LogP contribution in [0.25, 0.3) is 10.9 Å². The number of hydrogen-bond donors (Lipinski definition) is 1. The number of nitrogens with one attached hydrogen (secondary N) is 1. The maximum Gasteiger partial charge on any atom is 0.128 e. The first-order chi connectivity index (χ1) is 8.38.